The van der Waals surface area contributed by atoms with Crippen LogP contribution in [-0.2, 0) is 4.79 Å². The number of hydrogen-bond donors (Lipinski definition) is 2. The third kappa shape index (κ3) is 3.75. The highest BCUT2D eigenvalue weighted by atomic mass is 16.2. The SMILES string of the molecule is O=C(C1CCCN1C(=O)NC1CCCC1)N1CCC(c2nc3ccncc3[nH]2)CC1. The number of H-pyrrole nitrogens is 1. The van der Waals surface area contributed by atoms with Crippen molar-refractivity contribution in [2.45, 2.75) is 69.4 Å². The zero-order valence-corrected chi connectivity index (χ0v) is 17.3. The van der Waals surface area contributed by atoms with E-state index in [-0.39, 0.29) is 24.0 Å². The number of pyridine rings is 1. The zero-order chi connectivity index (χ0) is 20.5. The monoisotopic (exact) mass is 410 g/mol. The summed E-state index contributed by atoms with van der Waals surface area (Å²) < 4.78 is 0. The van der Waals surface area contributed by atoms with Gasteiger partial charge in [-0.05, 0) is 44.6 Å². The first-order valence-corrected chi connectivity index (χ1v) is 11.3. The van der Waals surface area contributed by atoms with Crippen LogP contribution in [-0.4, -0.2) is 68.4 Å². The number of aromatic nitrogens is 3. The summed E-state index contributed by atoms with van der Waals surface area (Å²) in [6.07, 6.45) is 11.5. The number of imidazole rings is 1. The van der Waals surface area contributed by atoms with Gasteiger partial charge in [-0.3, -0.25) is 9.78 Å². The molecule has 2 aromatic rings. The largest absolute Gasteiger partial charge is 0.341 e. The molecule has 2 saturated heterocycles. The number of carbonyl (C=O) groups excluding carboxylic acids is 2. The van der Waals surface area contributed by atoms with Crippen LogP contribution < -0.4 is 5.32 Å². The van der Waals surface area contributed by atoms with Gasteiger partial charge in [0, 0.05) is 37.8 Å². The molecule has 0 aromatic carbocycles. The van der Waals surface area contributed by atoms with Gasteiger partial charge in [0.1, 0.15) is 11.9 Å². The molecule has 3 amide bonds. The Morgan fingerprint density at radius 3 is 2.60 bits per heavy atom. The Labute approximate surface area is 176 Å². The van der Waals surface area contributed by atoms with Crippen molar-refractivity contribution in [2.75, 3.05) is 19.6 Å². The second kappa shape index (κ2) is 8.24. The van der Waals surface area contributed by atoms with Crippen LogP contribution in [0.4, 0.5) is 4.79 Å². The highest BCUT2D eigenvalue weighted by molar-refractivity contribution is 5.88. The van der Waals surface area contributed by atoms with Gasteiger partial charge in [0.05, 0.1) is 17.2 Å². The van der Waals surface area contributed by atoms with Crippen molar-refractivity contribution in [3.05, 3.63) is 24.3 Å². The predicted octanol–water partition coefficient (Wildman–Crippen LogP) is 2.78. The first kappa shape index (κ1) is 19.3. The number of piperidine rings is 1. The number of nitrogens with zero attached hydrogens (tertiary/aromatic N) is 4. The summed E-state index contributed by atoms with van der Waals surface area (Å²) in [6, 6.07) is 1.84. The molecule has 160 valence electrons. The van der Waals surface area contributed by atoms with Crippen LogP contribution in [0.2, 0.25) is 0 Å². The maximum atomic E-state index is 13.2. The number of hydrogen-bond acceptors (Lipinski definition) is 4. The van der Waals surface area contributed by atoms with Crippen molar-refractivity contribution in [3.63, 3.8) is 0 Å². The van der Waals surface area contributed by atoms with Crippen molar-refractivity contribution in [1.29, 1.82) is 0 Å². The van der Waals surface area contributed by atoms with Crippen molar-refractivity contribution in [1.82, 2.24) is 30.1 Å². The molecule has 1 aliphatic carbocycles. The molecule has 1 unspecified atom stereocenters. The fourth-order valence-electron chi connectivity index (χ4n) is 5.25. The lowest BCUT2D eigenvalue weighted by Crippen LogP contribution is -2.53. The van der Waals surface area contributed by atoms with E-state index < -0.39 is 0 Å². The average Bonchev–Trinajstić information content (AvgIpc) is 3.53. The minimum absolute atomic E-state index is 0.0523. The Bertz CT molecular complexity index is 880. The van der Waals surface area contributed by atoms with Crippen LogP contribution in [0.1, 0.15) is 63.1 Å². The van der Waals surface area contributed by atoms with Crippen molar-refractivity contribution in [3.8, 4) is 0 Å². The molecule has 0 bridgehead atoms. The smallest absolute Gasteiger partial charge is 0.318 e. The third-order valence-electron chi connectivity index (χ3n) is 6.98. The van der Waals surface area contributed by atoms with Gasteiger partial charge in [0.15, 0.2) is 0 Å². The molecule has 8 heteroatoms. The maximum absolute atomic E-state index is 13.2. The summed E-state index contributed by atoms with van der Waals surface area (Å²) in [5.74, 6) is 1.43. The van der Waals surface area contributed by atoms with Crippen molar-refractivity contribution < 1.29 is 9.59 Å². The summed E-state index contributed by atoms with van der Waals surface area (Å²) in [6.45, 7) is 2.11. The molecule has 1 atom stereocenters. The minimum Gasteiger partial charge on any atom is -0.341 e. The highest BCUT2D eigenvalue weighted by Crippen LogP contribution is 2.29. The van der Waals surface area contributed by atoms with Crippen LogP contribution in [0.25, 0.3) is 11.0 Å². The normalized spacial score (nSPS) is 23.4. The van der Waals surface area contributed by atoms with E-state index in [2.05, 4.69) is 15.3 Å². The van der Waals surface area contributed by atoms with Crippen molar-refractivity contribution in [2.24, 2.45) is 0 Å². The lowest BCUT2D eigenvalue weighted by Gasteiger charge is -2.35. The Morgan fingerprint density at radius 2 is 1.83 bits per heavy atom. The third-order valence-corrected chi connectivity index (χ3v) is 6.98. The Kier molecular flexibility index (Phi) is 5.31. The predicted molar refractivity (Wildman–Crippen MR) is 113 cm³/mol. The van der Waals surface area contributed by atoms with E-state index in [1.807, 2.05) is 11.0 Å². The first-order chi connectivity index (χ1) is 14.7. The number of urea groups is 1. The van der Waals surface area contributed by atoms with E-state index >= 15 is 0 Å². The van der Waals surface area contributed by atoms with E-state index in [9.17, 15) is 9.59 Å². The summed E-state index contributed by atoms with van der Waals surface area (Å²) in [4.78, 5) is 41.9. The van der Waals surface area contributed by atoms with Gasteiger partial charge in [0.2, 0.25) is 5.91 Å². The number of amides is 3. The zero-order valence-electron chi connectivity index (χ0n) is 17.3. The fraction of sp³-hybridized carbons (Fsp3) is 0.636. The molecule has 2 aliphatic heterocycles. The van der Waals surface area contributed by atoms with Gasteiger partial charge in [-0.2, -0.15) is 0 Å². The number of likely N-dealkylation sites (tertiary alicyclic amines) is 2. The molecular formula is C22H30N6O2. The molecule has 30 heavy (non-hydrogen) atoms. The van der Waals surface area contributed by atoms with Crippen LogP contribution >= 0.6 is 0 Å². The highest BCUT2D eigenvalue weighted by Gasteiger charge is 2.38. The van der Waals surface area contributed by atoms with E-state index in [1.165, 1.54) is 12.8 Å². The Balaban J connectivity index is 1.19. The molecule has 8 nitrogen and oxygen atoms in total. The van der Waals surface area contributed by atoms with Crippen molar-refractivity contribution >= 4 is 23.0 Å². The molecule has 3 aliphatic rings. The second-order valence-corrected chi connectivity index (χ2v) is 8.90. The molecule has 2 N–H and O–H groups in total. The molecule has 1 saturated carbocycles. The minimum atomic E-state index is -0.305. The molecule has 4 heterocycles. The number of carbonyl (C=O) groups is 2. The van der Waals surface area contributed by atoms with Gasteiger partial charge < -0.3 is 20.1 Å². The molecule has 0 radical (unpaired) electrons. The Morgan fingerprint density at radius 1 is 1.03 bits per heavy atom. The summed E-state index contributed by atoms with van der Waals surface area (Å²) in [5, 5.41) is 3.15. The lowest BCUT2D eigenvalue weighted by atomic mass is 9.95. The number of rotatable bonds is 3. The number of aromatic amines is 1. The van der Waals surface area contributed by atoms with Gasteiger partial charge in [-0.1, -0.05) is 12.8 Å². The van der Waals surface area contributed by atoms with E-state index in [0.29, 0.717) is 25.6 Å². The molecular weight excluding hydrogens is 380 g/mol. The average molecular weight is 411 g/mol. The summed E-state index contributed by atoms with van der Waals surface area (Å²) >= 11 is 0. The van der Waals surface area contributed by atoms with E-state index in [0.717, 1.165) is 55.4 Å². The quantitative estimate of drug-likeness (QED) is 0.814. The topological polar surface area (TPSA) is 94.2 Å². The van der Waals surface area contributed by atoms with Gasteiger partial charge >= 0.3 is 6.03 Å². The molecule has 3 fully saturated rings. The van der Waals surface area contributed by atoms with Gasteiger partial charge in [-0.15, -0.1) is 0 Å². The fourth-order valence-corrected chi connectivity index (χ4v) is 5.25. The standard InChI is InChI=1S/C22H30N6O2/c29-21(19-6-3-11-28(19)22(30)24-16-4-1-2-5-16)27-12-8-15(9-13-27)20-25-17-7-10-23-14-18(17)26-20/h7,10,14-16,19H,1-6,8-9,11-13H2,(H,24,30)(H,25,26). The van der Waals surface area contributed by atoms with E-state index in [1.54, 1.807) is 17.3 Å². The molecule has 2 aromatic heterocycles. The first-order valence-electron chi connectivity index (χ1n) is 11.3. The number of fused-ring (bicyclic) bond motifs is 1. The van der Waals surface area contributed by atoms with E-state index in [4.69, 9.17) is 4.98 Å². The van der Waals surface area contributed by atoms with Crippen LogP contribution in [0.15, 0.2) is 18.5 Å². The summed E-state index contributed by atoms with van der Waals surface area (Å²) in [7, 11) is 0. The van der Waals surface area contributed by atoms with Gasteiger partial charge in [-0.25, -0.2) is 9.78 Å². The van der Waals surface area contributed by atoms with Gasteiger partial charge in [0.25, 0.3) is 0 Å². The van der Waals surface area contributed by atoms with Crippen LogP contribution in [0.5, 0.6) is 0 Å². The summed E-state index contributed by atoms with van der Waals surface area (Å²) in [5.41, 5.74) is 1.90. The molecule has 5 rings (SSSR count). The maximum Gasteiger partial charge on any atom is 0.318 e. The second-order valence-electron chi connectivity index (χ2n) is 8.90. The lowest BCUT2D eigenvalue weighted by molar-refractivity contribution is -0.136. The van der Waals surface area contributed by atoms with Crippen LogP contribution in [0, 0.1) is 0 Å². The van der Waals surface area contributed by atoms with Crippen LogP contribution in [0.3, 0.4) is 0 Å². The Hall–Kier alpha value is -2.64. The molecule has 0 spiro atoms. The number of nitrogens with one attached hydrogen (secondary N) is 2.